The van der Waals surface area contributed by atoms with Crippen LogP contribution in [0.2, 0.25) is 10.0 Å². The molecule has 0 radical (unpaired) electrons. The van der Waals surface area contributed by atoms with Crippen LogP contribution in [-0.2, 0) is 5.75 Å². The monoisotopic (exact) mass is 442 g/mol. The van der Waals surface area contributed by atoms with Gasteiger partial charge in [-0.3, -0.25) is 14.7 Å². The van der Waals surface area contributed by atoms with Crippen molar-refractivity contribution in [2.45, 2.75) is 5.75 Å². The summed E-state index contributed by atoms with van der Waals surface area (Å²) in [5.74, 6) is 0.575. The van der Waals surface area contributed by atoms with Crippen LogP contribution in [0.1, 0.15) is 15.9 Å². The van der Waals surface area contributed by atoms with Crippen LogP contribution in [-0.4, -0.2) is 29.1 Å². The lowest BCUT2D eigenvalue weighted by molar-refractivity contribution is 0.0861. The molecule has 1 aliphatic rings. The molecule has 1 heterocycles. The molecule has 0 unspecified atom stereocenters. The van der Waals surface area contributed by atoms with E-state index in [4.69, 9.17) is 23.2 Å². The first kappa shape index (κ1) is 17.8. The molecule has 0 aromatic heterocycles. The van der Waals surface area contributed by atoms with E-state index in [0.717, 1.165) is 15.2 Å². The van der Waals surface area contributed by atoms with E-state index in [1.807, 2.05) is 30.3 Å². The molecule has 0 bridgehead atoms. The van der Waals surface area contributed by atoms with Crippen LogP contribution >= 0.6 is 50.9 Å². The van der Waals surface area contributed by atoms with E-state index >= 15 is 0 Å². The fraction of sp³-hybridized carbons (Fsp3) is 0.176. The van der Waals surface area contributed by atoms with Gasteiger partial charge < -0.3 is 0 Å². The predicted molar refractivity (Wildman–Crippen MR) is 105 cm³/mol. The van der Waals surface area contributed by atoms with Gasteiger partial charge in [0.15, 0.2) is 5.17 Å². The summed E-state index contributed by atoms with van der Waals surface area (Å²) in [7, 11) is 0. The number of hydrogen-bond donors (Lipinski definition) is 0. The zero-order chi connectivity index (χ0) is 17.1. The van der Waals surface area contributed by atoms with Crippen LogP contribution in [0.4, 0.5) is 0 Å². The van der Waals surface area contributed by atoms with E-state index in [1.54, 1.807) is 17.0 Å². The lowest BCUT2D eigenvalue weighted by Crippen LogP contribution is -2.33. The summed E-state index contributed by atoms with van der Waals surface area (Å²) < 4.78 is 0.819. The lowest BCUT2D eigenvalue weighted by atomic mass is 10.2. The highest BCUT2D eigenvalue weighted by molar-refractivity contribution is 9.10. The van der Waals surface area contributed by atoms with Gasteiger partial charge in [-0.1, -0.05) is 63.0 Å². The molecule has 0 saturated heterocycles. The molecule has 0 spiro atoms. The van der Waals surface area contributed by atoms with Crippen LogP contribution in [0.3, 0.4) is 0 Å². The van der Waals surface area contributed by atoms with Crippen LogP contribution in [0.5, 0.6) is 0 Å². The van der Waals surface area contributed by atoms with E-state index in [1.165, 1.54) is 11.8 Å². The Morgan fingerprint density at radius 3 is 2.88 bits per heavy atom. The quantitative estimate of drug-likeness (QED) is 0.627. The van der Waals surface area contributed by atoms with Crippen molar-refractivity contribution in [3.63, 3.8) is 0 Å². The van der Waals surface area contributed by atoms with Crippen molar-refractivity contribution < 1.29 is 4.79 Å². The Morgan fingerprint density at radius 1 is 1.25 bits per heavy atom. The molecule has 0 atom stereocenters. The lowest BCUT2D eigenvalue weighted by Gasteiger charge is -2.18. The number of nitrogens with zero attached hydrogens (tertiary/aromatic N) is 2. The summed E-state index contributed by atoms with van der Waals surface area (Å²) in [6, 6.07) is 12.9. The average molecular weight is 444 g/mol. The van der Waals surface area contributed by atoms with Crippen LogP contribution < -0.4 is 0 Å². The van der Waals surface area contributed by atoms with E-state index in [2.05, 4.69) is 20.9 Å². The van der Waals surface area contributed by atoms with Gasteiger partial charge in [0.2, 0.25) is 0 Å². The second kappa shape index (κ2) is 7.91. The Bertz CT molecular complexity index is 813. The maximum atomic E-state index is 12.8. The summed E-state index contributed by atoms with van der Waals surface area (Å²) in [6.45, 7) is 1.18. The molecular formula is C17H13BrCl2N2OS. The number of amidine groups is 1. The number of benzene rings is 2. The van der Waals surface area contributed by atoms with Crippen molar-refractivity contribution in [2.75, 3.05) is 13.1 Å². The van der Waals surface area contributed by atoms with Crippen molar-refractivity contribution in [3.8, 4) is 0 Å². The smallest absolute Gasteiger partial charge is 0.261 e. The molecule has 3 rings (SSSR count). The molecule has 0 saturated carbocycles. The first-order valence-electron chi connectivity index (χ1n) is 7.23. The van der Waals surface area contributed by atoms with Crippen LogP contribution in [0.15, 0.2) is 51.9 Å². The van der Waals surface area contributed by atoms with Crippen molar-refractivity contribution in [3.05, 3.63) is 68.1 Å². The van der Waals surface area contributed by atoms with Gasteiger partial charge >= 0.3 is 0 Å². The van der Waals surface area contributed by atoms with Gasteiger partial charge in [-0.2, -0.15) is 0 Å². The Hall–Kier alpha value is -1.01. The number of halogens is 3. The highest BCUT2D eigenvalue weighted by Gasteiger charge is 2.26. The highest BCUT2D eigenvalue weighted by Crippen LogP contribution is 2.26. The van der Waals surface area contributed by atoms with E-state index < -0.39 is 0 Å². The number of aliphatic imine (C=N–C) groups is 1. The minimum absolute atomic E-state index is 0.129. The van der Waals surface area contributed by atoms with E-state index in [0.29, 0.717) is 34.5 Å². The number of rotatable bonds is 3. The van der Waals surface area contributed by atoms with Gasteiger partial charge in [-0.05, 0) is 35.9 Å². The normalized spacial score (nSPS) is 14.0. The Morgan fingerprint density at radius 2 is 2.08 bits per heavy atom. The Kier molecular flexibility index (Phi) is 5.87. The molecule has 0 aliphatic carbocycles. The van der Waals surface area contributed by atoms with E-state index in [-0.39, 0.29) is 5.91 Å². The average Bonchev–Trinajstić information content (AvgIpc) is 3.03. The van der Waals surface area contributed by atoms with Crippen molar-refractivity contribution >= 4 is 62.0 Å². The maximum absolute atomic E-state index is 12.8. The third-order valence-corrected chi connectivity index (χ3v) is 5.61. The minimum atomic E-state index is -0.129. The van der Waals surface area contributed by atoms with Gasteiger partial charge in [0.25, 0.3) is 5.91 Å². The van der Waals surface area contributed by atoms with E-state index in [9.17, 15) is 4.79 Å². The molecule has 0 N–H and O–H groups in total. The molecule has 3 nitrogen and oxygen atoms in total. The summed E-state index contributed by atoms with van der Waals surface area (Å²) in [5.41, 5.74) is 1.57. The third kappa shape index (κ3) is 4.14. The number of amides is 1. The first-order valence-corrected chi connectivity index (χ1v) is 9.76. The molecule has 2 aromatic carbocycles. The summed E-state index contributed by atoms with van der Waals surface area (Å²) in [4.78, 5) is 18.9. The van der Waals surface area contributed by atoms with Crippen LogP contribution in [0.25, 0.3) is 0 Å². The van der Waals surface area contributed by atoms with Crippen molar-refractivity contribution in [1.29, 1.82) is 0 Å². The minimum Gasteiger partial charge on any atom is -0.286 e. The molecule has 1 aliphatic heterocycles. The summed E-state index contributed by atoms with van der Waals surface area (Å²) in [6.07, 6.45) is 0. The first-order chi connectivity index (χ1) is 11.5. The van der Waals surface area contributed by atoms with Crippen molar-refractivity contribution in [2.24, 2.45) is 4.99 Å². The summed E-state index contributed by atoms with van der Waals surface area (Å²) in [5, 5.41) is 1.86. The summed E-state index contributed by atoms with van der Waals surface area (Å²) >= 11 is 17.1. The fourth-order valence-corrected chi connectivity index (χ4v) is 4.08. The SMILES string of the molecule is O=C(c1cc(Br)ccc1Cl)N1CCN=C1SCc1cccc(Cl)c1. The molecule has 7 heteroatoms. The van der Waals surface area contributed by atoms with Gasteiger partial charge in [0.1, 0.15) is 0 Å². The second-order valence-electron chi connectivity index (χ2n) is 5.16. The number of carbonyl (C=O) groups excluding carboxylic acids is 1. The third-order valence-electron chi connectivity index (χ3n) is 3.46. The van der Waals surface area contributed by atoms with Gasteiger partial charge in [0, 0.05) is 21.8 Å². The zero-order valence-corrected chi connectivity index (χ0v) is 16.4. The Balaban J connectivity index is 1.73. The Labute approximate surface area is 163 Å². The zero-order valence-electron chi connectivity index (χ0n) is 12.5. The molecule has 124 valence electrons. The topological polar surface area (TPSA) is 32.7 Å². The second-order valence-corrected chi connectivity index (χ2v) is 7.87. The van der Waals surface area contributed by atoms with Gasteiger partial charge in [-0.15, -0.1) is 0 Å². The standard InChI is InChI=1S/C17H13BrCl2N2OS/c18-12-4-5-15(20)14(9-12)16(23)22-7-6-21-17(22)24-10-11-2-1-3-13(19)8-11/h1-5,8-9H,6-7,10H2. The fourth-order valence-electron chi connectivity index (χ4n) is 2.32. The maximum Gasteiger partial charge on any atom is 0.261 e. The largest absolute Gasteiger partial charge is 0.286 e. The van der Waals surface area contributed by atoms with Crippen LogP contribution in [0, 0.1) is 0 Å². The molecule has 24 heavy (non-hydrogen) atoms. The molecule has 0 fully saturated rings. The predicted octanol–water partition coefficient (Wildman–Crippen LogP) is 5.50. The van der Waals surface area contributed by atoms with Gasteiger partial charge in [-0.25, -0.2) is 0 Å². The molecule has 1 amide bonds. The highest BCUT2D eigenvalue weighted by atomic mass is 79.9. The number of hydrogen-bond acceptors (Lipinski definition) is 3. The number of thioether (sulfide) groups is 1. The molecule has 2 aromatic rings. The van der Waals surface area contributed by atoms with Gasteiger partial charge in [0.05, 0.1) is 17.1 Å². The molecular weight excluding hydrogens is 431 g/mol. The number of carbonyl (C=O) groups is 1. The van der Waals surface area contributed by atoms with Crippen molar-refractivity contribution in [1.82, 2.24) is 4.90 Å².